The fourth-order valence-corrected chi connectivity index (χ4v) is 4.37. The van der Waals surface area contributed by atoms with E-state index in [0.717, 1.165) is 38.8 Å². The van der Waals surface area contributed by atoms with Gasteiger partial charge in [0.15, 0.2) is 18.1 Å². The molecule has 0 bridgehead atoms. The van der Waals surface area contributed by atoms with Gasteiger partial charge in [-0.3, -0.25) is 14.4 Å². The molecule has 2 fully saturated rings. The Morgan fingerprint density at radius 2 is 2.03 bits per heavy atom. The smallest absolute Gasteiger partial charge is 0.456 e. The summed E-state index contributed by atoms with van der Waals surface area (Å²) in [7, 11) is 0. The van der Waals surface area contributed by atoms with Gasteiger partial charge in [-0.1, -0.05) is 5.92 Å². The lowest BCUT2D eigenvalue weighted by atomic mass is 9.92. The number of terminal acetylenes is 1. The fraction of sp³-hybridized carbons (Fsp3) is 0.667. The van der Waals surface area contributed by atoms with Crippen molar-refractivity contribution in [2.24, 2.45) is 17.8 Å². The van der Waals surface area contributed by atoms with Crippen LogP contribution in [-0.4, -0.2) is 55.4 Å². The van der Waals surface area contributed by atoms with Gasteiger partial charge in [0.25, 0.3) is 0 Å². The van der Waals surface area contributed by atoms with Crippen LogP contribution in [0.5, 0.6) is 0 Å². The topological polar surface area (TPSA) is 131 Å². The highest BCUT2D eigenvalue weighted by Crippen LogP contribution is 2.21. The van der Waals surface area contributed by atoms with Gasteiger partial charge in [0.2, 0.25) is 11.8 Å². The molecule has 2 amide bonds. The second kappa shape index (κ2) is 12.4. The molecule has 3 heterocycles. The van der Waals surface area contributed by atoms with Gasteiger partial charge in [0.1, 0.15) is 5.92 Å². The minimum absolute atomic E-state index is 0.0807. The normalized spacial score (nSPS) is 19.8. The van der Waals surface area contributed by atoms with E-state index >= 15 is 0 Å². The molecule has 0 aliphatic carbocycles. The summed E-state index contributed by atoms with van der Waals surface area (Å²) in [6.07, 6.45) is 10.5. The monoisotopic (exact) mass is 475 g/mol. The number of hydrogen-bond acceptors (Lipinski definition) is 8. The van der Waals surface area contributed by atoms with Crippen molar-refractivity contribution in [2.45, 2.75) is 52.1 Å². The summed E-state index contributed by atoms with van der Waals surface area (Å²) in [4.78, 5) is 50.5. The minimum Gasteiger partial charge on any atom is -0.456 e. The molecule has 2 N–H and O–H groups in total. The number of piperidine rings is 2. The van der Waals surface area contributed by atoms with Crippen LogP contribution in [-0.2, 0) is 25.7 Å². The zero-order chi connectivity index (χ0) is 24.5. The highest BCUT2D eigenvalue weighted by molar-refractivity contribution is 5.82. The Hall–Kier alpha value is -3.06. The maximum absolute atomic E-state index is 12.7. The molecule has 2 aliphatic rings. The Balaban J connectivity index is 1.42. The number of esters is 1. The Kier molecular flexibility index (Phi) is 9.33. The van der Waals surface area contributed by atoms with Gasteiger partial charge in [-0.2, -0.15) is 0 Å². The Bertz CT molecular complexity index is 955. The lowest BCUT2D eigenvalue weighted by Crippen LogP contribution is -2.46. The van der Waals surface area contributed by atoms with Crippen LogP contribution in [0.4, 0.5) is 0 Å². The number of nitrogens with one attached hydrogen (secondary N) is 2. The molecule has 10 nitrogen and oxygen atoms in total. The lowest BCUT2D eigenvalue weighted by Gasteiger charge is -2.33. The van der Waals surface area contributed by atoms with Crippen molar-refractivity contribution in [1.82, 2.24) is 15.5 Å². The standard InChI is InChI=1S/C24H33N3O7/c1-3-18(23(30)32-15-20-16(2)33-24(31)34-20)13-26-22(29)19-5-4-12-27(14-19)21(28)7-6-17-8-10-25-11-9-17/h1,17-19,25H,4-15H2,2H3,(H,26,29)/t18-,19+/m0/s1. The Morgan fingerprint density at radius 3 is 2.71 bits per heavy atom. The average molecular weight is 476 g/mol. The van der Waals surface area contributed by atoms with Crippen molar-refractivity contribution >= 4 is 17.8 Å². The first-order valence-electron chi connectivity index (χ1n) is 11.9. The molecule has 2 atom stereocenters. The highest BCUT2D eigenvalue weighted by atomic mass is 16.6. The average Bonchev–Trinajstić information content (AvgIpc) is 3.18. The third-order valence-corrected chi connectivity index (χ3v) is 6.52. The molecule has 2 saturated heterocycles. The number of amides is 2. The number of carbonyl (C=O) groups excluding carboxylic acids is 3. The first-order chi connectivity index (χ1) is 16.4. The van der Waals surface area contributed by atoms with Crippen LogP contribution in [0, 0.1) is 37.0 Å². The highest BCUT2D eigenvalue weighted by Gasteiger charge is 2.29. The SMILES string of the molecule is C#C[C@@H](CNC(=O)[C@@H]1CCCN(C(=O)CCC2CCNCC2)C1)C(=O)OCc1oc(=O)oc1C. The third-order valence-electron chi connectivity index (χ3n) is 6.52. The minimum atomic E-state index is -0.991. The molecular formula is C24H33N3O7. The maximum Gasteiger partial charge on any atom is 0.519 e. The van der Waals surface area contributed by atoms with E-state index in [1.807, 2.05) is 0 Å². The summed E-state index contributed by atoms with van der Waals surface area (Å²) in [6, 6.07) is 0. The van der Waals surface area contributed by atoms with Crippen molar-refractivity contribution in [3.8, 4) is 12.3 Å². The molecule has 0 saturated carbocycles. The fourth-order valence-electron chi connectivity index (χ4n) is 4.37. The third kappa shape index (κ3) is 7.22. The number of aryl methyl sites for hydroxylation is 1. The number of nitrogens with zero attached hydrogens (tertiary/aromatic N) is 1. The molecule has 2 aliphatic heterocycles. The summed E-state index contributed by atoms with van der Waals surface area (Å²) in [5.74, 6) is 0.159. The quantitative estimate of drug-likeness (QED) is 0.399. The van der Waals surface area contributed by atoms with Gasteiger partial charge < -0.3 is 29.1 Å². The maximum atomic E-state index is 12.7. The van der Waals surface area contributed by atoms with Gasteiger partial charge in [0, 0.05) is 26.1 Å². The molecule has 186 valence electrons. The van der Waals surface area contributed by atoms with Gasteiger partial charge in [-0.05, 0) is 58.0 Å². The van der Waals surface area contributed by atoms with Crippen LogP contribution in [0.3, 0.4) is 0 Å². The van der Waals surface area contributed by atoms with E-state index in [9.17, 15) is 19.2 Å². The largest absolute Gasteiger partial charge is 0.519 e. The number of hydrogen-bond donors (Lipinski definition) is 2. The molecule has 0 radical (unpaired) electrons. The van der Waals surface area contributed by atoms with E-state index in [2.05, 4.69) is 16.6 Å². The molecule has 10 heteroatoms. The van der Waals surface area contributed by atoms with Crippen molar-refractivity contribution in [3.63, 3.8) is 0 Å². The molecular weight excluding hydrogens is 442 g/mol. The second-order valence-corrected chi connectivity index (χ2v) is 8.92. The van der Waals surface area contributed by atoms with Crippen LogP contribution in [0.2, 0.25) is 0 Å². The molecule has 3 rings (SSSR count). The van der Waals surface area contributed by atoms with E-state index in [1.165, 1.54) is 6.92 Å². The summed E-state index contributed by atoms with van der Waals surface area (Å²) in [6.45, 7) is 4.20. The van der Waals surface area contributed by atoms with Crippen molar-refractivity contribution in [2.75, 3.05) is 32.7 Å². The summed E-state index contributed by atoms with van der Waals surface area (Å²) in [5.41, 5.74) is 0. The van der Waals surface area contributed by atoms with Gasteiger partial charge in [0.05, 0.1) is 5.92 Å². The van der Waals surface area contributed by atoms with Crippen LogP contribution in [0.1, 0.15) is 50.0 Å². The van der Waals surface area contributed by atoms with E-state index in [0.29, 0.717) is 31.8 Å². The van der Waals surface area contributed by atoms with E-state index in [-0.39, 0.29) is 42.4 Å². The zero-order valence-electron chi connectivity index (χ0n) is 19.6. The molecule has 0 aromatic carbocycles. The predicted molar refractivity (Wildman–Crippen MR) is 121 cm³/mol. The van der Waals surface area contributed by atoms with Gasteiger partial charge in [-0.25, -0.2) is 4.79 Å². The van der Waals surface area contributed by atoms with Crippen molar-refractivity contribution < 1.29 is 28.0 Å². The van der Waals surface area contributed by atoms with E-state index in [4.69, 9.17) is 20.0 Å². The number of ether oxygens (including phenoxy) is 1. The van der Waals surface area contributed by atoms with Gasteiger partial charge >= 0.3 is 11.8 Å². The van der Waals surface area contributed by atoms with Crippen molar-refractivity contribution in [1.29, 1.82) is 0 Å². The van der Waals surface area contributed by atoms with Gasteiger partial charge in [-0.15, -0.1) is 6.42 Å². The van der Waals surface area contributed by atoms with Crippen LogP contribution < -0.4 is 16.5 Å². The Labute approximate surface area is 198 Å². The molecule has 1 aromatic heterocycles. The predicted octanol–water partition coefficient (Wildman–Crippen LogP) is 0.968. The zero-order valence-corrected chi connectivity index (χ0v) is 19.6. The van der Waals surface area contributed by atoms with Crippen LogP contribution in [0.15, 0.2) is 13.6 Å². The first kappa shape index (κ1) is 25.6. The number of carbonyl (C=O) groups is 3. The molecule has 0 unspecified atom stereocenters. The van der Waals surface area contributed by atoms with Crippen LogP contribution >= 0.6 is 0 Å². The summed E-state index contributed by atoms with van der Waals surface area (Å²) >= 11 is 0. The molecule has 1 aromatic rings. The molecule has 34 heavy (non-hydrogen) atoms. The Morgan fingerprint density at radius 1 is 1.26 bits per heavy atom. The van der Waals surface area contributed by atoms with E-state index in [1.54, 1.807) is 4.90 Å². The first-order valence-corrected chi connectivity index (χ1v) is 11.9. The van der Waals surface area contributed by atoms with E-state index < -0.39 is 17.7 Å². The summed E-state index contributed by atoms with van der Waals surface area (Å²) < 4.78 is 14.6. The van der Waals surface area contributed by atoms with Crippen LogP contribution in [0.25, 0.3) is 0 Å². The summed E-state index contributed by atoms with van der Waals surface area (Å²) in [5, 5.41) is 6.05. The lowest BCUT2D eigenvalue weighted by molar-refractivity contribution is -0.148. The molecule has 0 spiro atoms. The van der Waals surface area contributed by atoms with Crippen molar-refractivity contribution in [3.05, 3.63) is 22.1 Å². The second-order valence-electron chi connectivity index (χ2n) is 8.92. The number of likely N-dealkylation sites (tertiary alicyclic amines) is 1. The number of rotatable bonds is 9.